The smallest absolute Gasteiger partial charge is 0.460 e. The first-order valence-corrected chi connectivity index (χ1v) is 7.13. The first-order chi connectivity index (χ1) is 13.5. The predicted molar refractivity (Wildman–Crippen MR) is 64.0 cm³/mol. The Bertz CT molecular complexity index is 748. The molecule has 0 bridgehead atoms. The van der Waals surface area contributed by atoms with Crippen LogP contribution >= 0.6 is 0 Å². The Kier molecular flexibility index (Phi) is 7.06. The summed E-state index contributed by atoms with van der Waals surface area (Å²) >= 11 is 0. The van der Waals surface area contributed by atoms with Crippen molar-refractivity contribution in [2.24, 2.45) is 5.92 Å². The van der Waals surface area contributed by atoms with Crippen LogP contribution in [-0.2, 0) is 4.79 Å². The van der Waals surface area contributed by atoms with Crippen molar-refractivity contribution in [1.82, 2.24) is 0 Å². The van der Waals surface area contributed by atoms with E-state index >= 15 is 0 Å². The molecule has 0 heterocycles. The molecule has 0 saturated carbocycles. The minimum absolute atomic E-state index is 0.426. The second-order valence-corrected chi connectivity index (χ2v) is 6.10. The highest BCUT2D eigenvalue weighted by Crippen LogP contribution is 2.64. The van der Waals surface area contributed by atoms with Gasteiger partial charge >= 0.3 is 47.6 Å². The molecule has 0 radical (unpaired) electrons. The topological polar surface area (TPSA) is 40.1 Å². The van der Waals surface area contributed by atoms with Crippen LogP contribution in [0, 0.1) is 5.92 Å². The lowest BCUT2D eigenvalue weighted by Gasteiger charge is -2.43. The van der Waals surface area contributed by atoms with Gasteiger partial charge in [-0.25, -0.2) is 0 Å². The SMILES string of the molecule is C=C(C(=O)[O-])C(C)C(F)(F)C(F)(F)C(F)(F)C(F)(F)C(F)(F)C(F)(F)C(F)(F)C(F)(F)F. The predicted octanol–water partition coefficient (Wildman–Crippen LogP) is 4.94. The Labute approximate surface area is 164 Å². The average molecular weight is 517 g/mol. The molecule has 0 aromatic heterocycles. The molecular weight excluding hydrogens is 511 g/mol. The third-order valence-corrected chi connectivity index (χ3v) is 4.08. The molecule has 0 spiro atoms. The maximum absolute atomic E-state index is 13.7. The van der Waals surface area contributed by atoms with Crippen molar-refractivity contribution >= 4 is 5.97 Å². The van der Waals surface area contributed by atoms with Crippen LogP contribution < -0.4 is 5.11 Å². The number of rotatable bonds is 9. The fourth-order valence-corrected chi connectivity index (χ4v) is 1.84. The average Bonchev–Trinajstić information content (AvgIpc) is 2.57. The van der Waals surface area contributed by atoms with Gasteiger partial charge in [-0.3, -0.25) is 0 Å². The summed E-state index contributed by atoms with van der Waals surface area (Å²) in [5.41, 5.74) is -2.23. The summed E-state index contributed by atoms with van der Waals surface area (Å²) in [4.78, 5) is 10.3. The molecule has 0 N–H and O–H groups in total. The van der Waals surface area contributed by atoms with Crippen molar-refractivity contribution in [2.75, 3.05) is 0 Å². The second kappa shape index (κ2) is 7.53. The third kappa shape index (κ3) is 3.63. The van der Waals surface area contributed by atoms with E-state index in [2.05, 4.69) is 6.58 Å². The summed E-state index contributed by atoms with van der Waals surface area (Å²) in [6, 6.07) is 0. The second-order valence-electron chi connectivity index (χ2n) is 6.10. The van der Waals surface area contributed by atoms with Crippen LogP contribution in [-0.4, -0.2) is 53.6 Å². The molecule has 0 saturated heterocycles. The van der Waals surface area contributed by atoms with Crippen molar-refractivity contribution in [3.05, 3.63) is 12.2 Å². The molecule has 0 rings (SSSR count). The van der Waals surface area contributed by atoms with Gasteiger partial charge in [-0.2, -0.15) is 74.6 Å². The molecule has 0 amide bonds. The monoisotopic (exact) mass is 517 g/mol. The van der Waals surface area contributed by atoms with E-state index in [0.29, 0.717) is 0 Å². The van der Waals surface area contributed by atoms with E-state index < -0.39 is 72.0 Å². The first-order valence-electron chi connectivity index (χ1n) is 7.13. The Hall–Kier alpha value is -1.98. The van der Waals surface area contributed by atoms with Crippen LogP contribution in [0.15, 0.2) is 12.2 Å². The molecule has 0 aliphatic carbocycles. The number of halogens is 17. The van der Waals surface area contributed by atoms with E-state index in [4.69, 9.17) is 0 Å². The van der Waals surface area contributed by atoms with E-state index in [0.717, 1.165) is 0 Å². The fraction of sp³-hybridized carbons (Fsp3) is 0.769. The molecule has 0 aromatic rings. The highest BCUT2D eigenvalue weighted by Gasteiger charge is 2.95. The number of hydrogen-bond donors (Lipinski definition) is 0. The first kappa shape index (κ1) is 30.0. The maximum atomic E-state index is 13.7. The Morgan fingerprint density at radius 2 is 0.844 bits per heavy atom. The van der Waals surface area contributed by atoms with Gasteiger partial charge in [-0.1, -0.05) is 13.5 Å². The number of aliphatic carboxylic acids is 1. The van der Waals surface area contributed by atoms with Gasteiger partial charge in [0.1, 0.15) is 0 Å². The molecular formula is C13H6F17O2-. The van der Waals surface area contributed by atoms with E-state index in [1.54, 1.807) is 0 Å². The third-order valence-electron chi connectivity index (χ3n) is 4.08. The lowest BCUT2D eigenvalue weighted by molar-refractivity contribution is -0.463. The number of carboxylic acid groups (broad SMARTS) is 1. The minimum atomic E-state index is -8.74. The summed E-state index contributed by atoms with van der Waals surface area (Å²) in [6.45, 7) is 1.70. The van der Waals surface area contributed by atoms with Gasteiger partial charge < -0.3 is 9.90 Å². The van der Waals surface area contributed by atoms with Crippen LogP contribution in [0.5, 0.6) is 0 Å². The van der Waals surface area contributed by atoms with Crippen molar-refractivity contribution in [2.45, 2.75) is 54.6 Å². The van der Waals surface area contributed by atoms with Crippen LogP contribution in [0.25, 0.3) is 0 Å². The van der Waals surface area contributed by atoms with Crippen LogP contribution in [0.4, 0.5) is 74.6 Å². The molecule has 0 aliphatic rings. The van der Waals surface area contributed by atoms with E-state index in [1.165, 1.54) is 0 Å². The highest BCUT2D eigenvalue weighted by atomic mass is 19.4. The molecule has 2 nitrogen and oxygen atoms in total. The van der Waals surface area contributed by atoms with Crippen molar-refractivity contribution < 1.29 is 84.5 Å². The molecule has 1 atom stereocenters. The lowest BCUT2D eigenvalue weighted by Crippen LogP contribution is -2.74. The fourth-order valence-electron chi connectivity index (χ4n) is 1.84. The number of carbonyl (C=O) groups excluding carboxylic acids is 1. The number of hydrogen-bond acceptors (Lipinski definition) is 2. The zero-order valence-corrected chi connectivity index (χ0v) is 14.5. The van der Waals surface area contributed by atoms with Gasteiger partial charge in [0.05, 0.1) is 11.9 Å². The number of alkyl halides is 17. The van der Waals surface area contributed by atoms with Gasteiger partial charge in [-0.15, -0.1) is 0 Å². The standard InChI is InChI=1S/C13H7F17O2/c1-3(5(31)32)4(2)6(14,15)7(16,17)8(18,19)9(20,21)10(22,23)11(24,25)12(26,27)13(28,29)30/h4H,1H2,2H3,(H,31,32)/p-1. The minimum Gasteiger partial charge on any atom is -0.545 e. The quantitative estimate of drug-likeness (QED) is 0.322. The van der Waals surface area contributed by atoms with E-state index in [9.17, 15) is 84.5 Å². The summed E-state index contributed by atoms with van der Waals surface area (Å²) in [6.07, 6.45) is -7.83. The molecule has 1 unspecified atom stereocenters. The zero-order valence-electron chi connectivity index (χ0n) is 14.5. The molecule has 0 aliphatic heterocycles. The molecule has 0 fully saturated rings. The summed E-state index contributed by atoms with van der Waals surface area (Å²) in [5, 5.41) is 10.3. The maximum Gasteiger partial charge on any atom is 0.460 e. The number of carboxylic acids is 1. The van der Waals surface area contributed by atoms with Gasteiger partial charge in [0, 0.05) is 0 Å². The Morgan fingerprint density at radius 1 is 0.594 bits per heavy atom. The Balaban J connectivity index is 6.85. The molecule has 19 heteroatoms. The normalized spacial score (nSPS) is 16.7. The van der Waals surface area contributed by atoms with Crippen LogP contribution in [0.1, 0.15) is 6.92 Å². The lowest BCUT2D eigenvalue weighted by atomic mass is 9.83. The molecule has 32 heavy (non-hydrogen) atoms. The van der Waals surface area contributed by atoms with Crippen LogP contribution in [0.3, 0.4) is 0 Å². The van der Waals surface area contributed by atoms with Gasteiger partial charge in [0.15, 0.2) is 0 Å². The zero-order chi connectivity index (χ0) is 26.7. The van der Waals surface area contributed by atoms with Gasteiger partial charge in [0.2, 0.25) is 0 Å². The largest absolute Gasteiger partial charge is 0.545 e. The number of carbonyl (C=O) groups is 1. The highest BCUT2D eigenvalue weighted by molar-refractivity contribution is 5.84. The Morgan fingerprint density at radius 3 is 1.09 bits per heavy atom. The summed E-state index contributed by atoms with van der Waals surface area (Å²) < 4.78 is 222. The van der Waals surface area contributed by atoms with Gasteiger partial charge in [0.25, 0.3) is 0 Å². The molecule has 190 valence electrons. The van der Waals surface area contributed by atoms with Crippen LogP contribution in [0.2, 0.25) is 0 Å². The van der Waals surface area contributed by atoms with Crippen molar-refractivity contribution in [1.29, 1.82) is 0 Å². The summed E-state index contributed by atoms with van der Waals surface area (Å²) in [5.74, 6) is -64.4. The summed E-state index contributed by atoms with van der Waals surface area (Å²) in [7, 11) is 0. The van der Waals surface area contributed by atoms with Crippen molar-refractivity contribution in [3.8, 4) is 0 Å². The molecule has 0 aromatic carbocycles. The van der Waals surface area contributed by atoms with E-state index in [1.807, 2.05) is 0 Å². The van der Waals surface area contributed by atoms with Crippen molar-refractivity contribution in [3.63, 3.8) is 0 Å². The van der Waals surface area contributed by atoms with Gasteiger partial charge in [-0.05, 0) is 5.57 Å². The van der Waals surface area contributed by atoms with E-state index in [-0.39, 0.29) is 0 Å².